The van der Waals surface area contributed by atoms with E-state index in [1.54, 1.807) is 41.3 Å². The lowest BCUT2D eigenvalue weighted by molar-refractivity contribution is -0.121. The SMILES string of the molecule is CN(C)CCCN(C(=O)c1cccc(N2C(=O)CCC2=O)c1)c1nc2c(F)cccc2s1. The second-order valence-corrected chi connectivity index (χ2v) is 8.88. The van der Waals surface area contributed by atoms with E-state index in [0.717, 1.165) is 11.4 Å². The fourth-order valence-corrected chi connectivity index (χ4v) is 4.65. The molecule has 0 saturated carbocycles. The van der Waals surface area contributed by atoms with E-state index in [1.807, 2.05) is 19.0 Å². The Morgan fingerprint density at radius 1 is 1.09 bits per heavy atom. The molecule has 9 heteroatoms. The number of benzene rings is 2. The van der Waals surface area contributed by atoms with Crippen molar-refractivity contribution in [2.24, 2.45) is 0 Å². The Morgan fingerprint density at radius 2 is 1.81 bits per heavy atom. The van der Waals surface area contributed by atoms with Crippen LogP contribution in [0.3, 0.4) is 0 Å². The van der Waals surface area contributed by atoms with Crippen molar-refractivity contribution in [2.45, 2.75) is 19.3 Å². The number of anilines is 2. The number of carbonyl (C=O) groups is 3. The van der Waals surface area contributed by atoms with Gasteiger partial charge in [-0.1, -0.05) is 23.5 Å². The average molecular weight is 455 g/mol. The van der Waals surface area contributed by atoms with Crippen molar-refractivity contribution in [3.05, 3.63) is 53.8 Å². The Hall–Kier alpha value is -3.17. The molecule has 1 fully saturated rings. The maximum Gasteiger partial charge on any atom is 0.260 e. The molecule has 0 radical (unpaired) electrons. The molecular weight excluding hydrogens is 431 g/mol. The zero-order valence-electron chi connectivity index (χ0n) is 17.9. The summed E-state index contributed by atoms with van der Waals surface area (Å²) in [6, 6.07) is 11.2. The molecule has 0 N–H and O–H groups in total. The number of rotatable bonds is 7. The Bertz CT molecular complexity index is 1180. The topological polar surface area (TPSA) is 73.8 Å². The van der Waals surface area contributed by atoms with E-state index >= 15 is 0 Å². The molecule has 1 aromatic heterocycles. The summed E-state index contributed by atoms with van der Waals surface area (Å²) in [4.78, 5) is 46.8. The molecule has 0 spiro atoms. The Balaban J connectivity index is 1.68. The van der Waals surface area contributed by atoms with Crippen LogP contribution >= 0.6 is 11.3 Å². The van der Waals surface area contributed by atoms with Gasteiger partial charge in [0.2, 0.25) is 11.8 Å². The number of aromatic nitrogens is 1. The highest BCUT2D eigenvalue weighted by atomic mass is 32.1. The maximum absolute atomic E-state index is 14.2. The molecule has 166 valence electrons. The Labute approximate surface area is 189 Å². The van der Waals surface area contributed by atoms with E-state index in [-0.39, 0.29) is 36.1 Å². The zero-order chi connectivity index (χ0) is 22.8. The molecule has 3 aromatic rings. The molecule has 0 bridgehead atoms. The quantitative estimate of drug-likeness (QED) is 0.509. The number of thiazole rings is 1. The fraction of sp³-hybridized carbons (Fsp3) is 0.304. The number of hydrogen-bond donors (Lipinski definition) is 0. The summed E-state index contributed by atoms with van der Waals surface area (Å²) in [7, 11) is 3.90. The molecule has 1 aliphatic rings. The number of imide groups is 1. The lowest BCUT2D eigenvalue weighted by atomic mass is 10.1. The highest BCUT2D eigenvalue weighted by molar-refractivity contribution is 7.22. The molecule has 3 amide bonds. The predicted octanol–water partition coefficient (Wildman–Crippen LogP) is 3.69. The van der Waals surface area contributed by atoms with Crippen molar-refractivity contribution in [2.75, 3.05) is 37.0 Å². The maximum atomic E-state index is 14.2. The van der Waals surface area contributed by atoms with Crippen molar-refractivity contribution in [1.29, 1.82) is 0 Å². The standard InChI is InChI=1S/C23H23FN4O3S/c1-26(2)12-5-13-27(23-25-21-17(24)8-4-9-18(21)32-23)22(31)15-6-3-7-16(14-15)28-19(29)10-11-20(28)30/h3-4,6-9,14H,5,10-13H2,1-2H3. The third-order valence-corrected chi connectivity index (χ3v) is 6.27. The van der Waals surface area contributed by atoms with Gasteiger partial charge in [-0.25, -0.2) is 9.37 Å². The number of nitrogens with zero attached hydrogens (tertiary/aromatic N) is 4. The number of para-hydroxylation sites is 1. The van der Waals surface area contributed by atoms with Crippen molar-refractivity contribution >= 4 is 50.1 Å². The largest absolute Gasteiger partial charge is 0.309 e. The molecule has 2 aromatic carbocycles. The second-order valence-electron chi connectivity index (χ2n) is 7.87. The average Bonchev–Trinajstić information content (AvgIpc) is 3.34. The van der Waals surface area contributed by atoms with E-state index in [2.05, 4.69) is 4.98 Å². The van der Waals surface area contributed by atoms with Crippen LogP contribution in [0.25, 0.3) is 10.2 Å². The molecule has 1 aliphatic heterocycles. The monoisotopic (exact) mass is 454 g/mol. The van der Waals surface area contributed by atoms with Gasteiger partial charge in [0.1, 0.15) is 11.3 Å². The first-order chi connectivity index (χ1) is 15.3. The van der Waals surface area contributed by atoms with Crippen LogP contribution in [0, 0.1) is 5.82 Å². The molecule has 0 unspecified atom stereocenters. The normalized spacial score (nSPS) is 14.1. The van der Waals surface area contributed by atoms with Gasteiger partial charge in [-0.05, 0) is 57.4 Å². The van der Waals surface area contributed by atoms with Gasteiger partial charge in [0.25, 0.3) is 5.91 Å². The highest BCUT2D eigenvalue weighted by Gasteiger charge is 2.31. The van der Waals surface area contributed by atoms with Gasteiger partial charge < -0.3 is 4.90 Å². The smallest absolute Gasteiger partial charge is 0.260 e. The Kier molecular flexibility index (Phi) is 6.29. The number of fused-ring (bicyclic) bond motifs is 1. The minimum Gasteiger partial charge on any atom is -0.309 e. The van der Waals surface area contributed by atoms with E-state index in [9.17, 15) is 18.8 Å². The van der Waals surface area contributed by atoms with Gasteiger partial charge in [-0.3, -0.25) is 24.2 Å². The highest BCUT2D eigenvalue weighted by Crippen LogP contribution is 2.32. The number of carbonyl (C=O) groups excluding carboxylic acids is 3. The lowest BCUT2D eigenvalue weighted by Crippen LogP contribution is -2.34. The minimum absolute atomic E-state index is 0.172. The van der Waals surface area contributed by atoms with E-state index in [4.69, 9.17) is 0 Å². The molecule has 1 saturated heterocycles. The third kappa shape index (κ3) is 4.39. The van der Waals surface area contributed by atoms with Crippen LogP contribution in [0.2, 0.25) is 0 Å². The molecule has 7 nitrogen and oxygen atoms in total. The van der Waals surface area contributed by atoms with Crippen LogP contribution in [0.1, 0.15) is 29.6 Å². The molecule has 2 heterocycles. The van der Waals surface area contributed by atoms with Crippen molar-refractivity contribution < 1.29 is 18.8 Å². The van der Waals surface area contributed by atoms with Crippen molar-refractivity contribution in [3.63, 3.8) is 0 Å². The Morgan fingerprint density at radius 3 is 2.50 bits per heavy atom. The number of hydrogen-bond acceptors (Lipinski definition) is 6. The fourth-order valence-electron chi connectivity index (χ4n) is 3.65. The molecule has 0 atom stereocenters. The van der Waals surface area contributed by atoms with Gasteiger partial charge in [0, 0.05) is 24.9 Å². The summed E-state index contributed by atoms with van der Waals surface area (Å²) < 4.78 is 14.9. The summed E-state index contributed by atoms with van der Waals surface area (Å²) in [5.74, 6) is -1.30. The van der Waals surface area contributed by atoms with Crippen LogP contribution < -0.4 is 9.80 Å². The number of halogens is 1. The molecular formula is C23H23FN4O3S. The zero-order valence-corrected chi connectivity index (χ0v) is 18.7. The first kappa shape index (κ1) is 22.0. The van der Waals surface area contributed by atoms with Crippen LogP contribution in [0.4, 0.5) is 15.2 Å². The van der Waals surface area contributed by atoms with Crippen molar-refractivity contribution in [3.8, 4) is 0 Å². The van der Waals surface area contributed by atoms with Crippen LogP contribution in [0.5, 0.6) is 0 Å². The molecule has 0 aliphatic carbocycles. The van der Waals surface area contributed by atoms with Crippen LogP contribution in [0.15, 0.2) is 42.5 Å². The summed E-state index contributed by atoms with van der Waals surface area (Å²) in [5.41, 5.74) is 0.950. The van der Waals surface area contributed by atoms with Crippen LogP contribution in [-0.4, -0.2) is 54.8 Å². The summed E-state index contributed by atoms with van der Waals surface area (Å²) >= 11 is 1.25. The summed E-state index contributed by atoms with van der Waals surface area (Å²) in [6.45, 7) is 1.16. The van der Waals surface area contributed by atoms with Gasteiger partial charge in [0.15, 0.2) is 5.13 Å². The summed E-state index contributed by atoms with van der Waals surface area (Å²) in [6.07, 6.45) is 1.04. The van der Waals surface area contributed by atoms with Gasteiger partial charge in [-0.15, -0.1) is 0 Å². The molecule has 32 heavy (non-hydrogen) atoms. The van der Waals surface area contributed by atoms with Gasteiger partial charge in [-0.2, -0.15) is 0 Å². The third-order valence-electron chi connectivity index (χ3n) is 5.22. The lowest BCUT2D eigenvalue weighted by Gasteiger charge is -2.22. The van der Waals surface area contributed by atoms with E-state index in [0.29, 0.717) is 34.0 Å². The van der Waals surface area contributed by atoms with E-state index < -0.39 is 5.82 Å². The number of amides is 3. The van der Waals surface area contributed by atoms with Crippen molar-refractivity contribution in [1.82, 2.24) is 9.88 Å². The first-order valence-corrected chi connectivity index (χ1v) is 11.1. The van der Waals surface area contributed by atoms with E-state index in [1.165, 1.54) is 17.4 Å². The first-order valence-electron chi connectivity index (χ1n) is 10.3. The minimum atomic E-state index is -0.432. The second kappa shape index (κ2) is 9.13. The van der Waals surface area contributed by atoms with Gasteiger partial charge in [0.05, 0.1) is 10.4 Å². The summed E-state index contributed by atoms with van der Waals surface area (Å²) in [5, 5.41) is 0.410. The molecule has 4 rings (SSSR count). The van der Waals surface area contributed by atoms with Gasteiger partial charge >= 0.3 is 0 Å². The van der Waals surface area contributed by atoms with Crippen LogP contribution in [-0.2, 0) is 9.59 Å². The predicted molar refractivity (Wildman–Crippen MR) is 123 cm³/mol.